The van der Waals surface area contributed by atoms with Gasteiger partial charge in [-0.3, -0.25) is 9.59 Å². The Morgan fingerprint density at radius 3 is 2.57 bits per heavy atom. The Morgan fingerprint density at radius 1 is 1.19 bits per heavy atom. The summed E-state index contributed by atoms with van der Waals surface area (Å²) >= 11 is 7.42. The first-order chi connectivity index (χ1) is 9.97. The van der Waals surface area contributed by atoms with E-state index in [0.717, 1.165) is 9.79 Å². The van der Waals surface area contributed by atoms with Crippen LogP contribution in [0.3, 0.4) is 0 Å². The van der Waals surface area contributed by atoms with Crippen LogP contribution < -0.4 is 0 Å². The van der Waals surface area contributed by atoms with E-state index < -0.39 is 5.97 Å². The third kappa shape index (κ3) is 4.09. The lowest BCUT2D eigenvalue weighted by Gasteiger charge is -2.08. The molecule has 0 fully saturated rings. The van der Waals surface area contributed by atoms with Crippen molar-refractivity contribution in [3.8, 4) is 0 Å². The molecule has 2 rings (SSSR count). The number of carboxylic acid groups (broad SMARTS) is 1. The van der Waals surface area contributed by atoms with Crippen molar-refractivity contribution >= 4 is 35.1 Å². The topological polar surface area (TPSA) is 54.4 Å². The maximum absolute atomic E-state index is 11.6. The van der Waals surface area contributed by atoms with E-state index >= 15 is 0 Å². The second-order valence-corrected chi connectivity index (χ2v) is 6.00. The SMILES string of the molecule is CC(=O)c1ccccc1Sc1ccc(Cl)c(CC(=O)O)c1. The molecule has 0 heterocycles. The minimum absolute atomic E-state index is 0.00202. The van der Waals surface area contributed by atoms with E-state index in [4.69, 9.17) is 16.7 Å². The first-order valence-electron chi connectivity index (χ1n) is 6.25. The van der Waals surface area contributed by atoms with Crippen LogP contribution in [0.2, 0.25) is 5.02 Å². The van der Waals surface area contributed by atoms with Gasteiger partial charge in [0.05, 0.1) is 6.42 Å². The second-order valence-electron chi connectivity index (χ2n) is 4.48. The Bertz CT molecular complexity index is 698. The molecule has 0 spiro atoms. The van der Waals surface area contributed by atoms with Gasteiger partial charge < -0.3 is 5.11 Å². The fraction of sp³-hybridized carbons (Fsp3) is 0.125. The summed E-state index contributed by atoms with van der Waals surface area (Å²) < 4.78 is 0. The smallest absolute Gasteiger partial charge is 0.307 e. The van der Waals surface area contributed by atoms with Crippen LogP contribution in [-0.4, -0.2) is 16.9 Å². The highest BCUT2D eigenvalue weighted by molar-refractivity contribution is 7.99. The Labute approximate surface area is 131 Å². The quantitative estimate of drug-likeness (QED) is 0.833. The molecule has 5 heteroatoms. The highest BCUT2D eigenvalue weighted by Crippen LogP contribution is 2.33. The van der Waals surface area contributed by atoms with Crippen LogP contribution in [0.25, 0.3) is 0 Å². The third-order valence-corrected chi connectivity index (χ3v) is 4.29. The number of ketones is 1. The molecule has 0 unspecified atom stereocenters. The van der Waals surface area contributed by atoms with E-state index in [9.17, 15) is 9.59 Å². The standard InChI is InChI=1S/C16H13ClO3S/c1-10(18)13-4-2-3-5-15(13)21-12-6-7-14(17)11(8-12)9-16(19)20/h2-8H,9H2,1H3,(H,19,20). The molecule has 3 nitrogen and oxygen atoms in total. The number of rotatable bonds is 5. The van der Waals surface area contributed by atoms with Crippen molar-refractivity contribution in [2.45, 2.75) is 23.1 Å². The van der Waals surface area contributed by atoms with Gasteiger partial charge in [-0.2, -0.15) is 0 Å². The molecule has 0 radical (unpaired) electrons. The Morgan fingerprint density at radius 2 is 1.90 bits per heavy atom. The van der Waals surface area contributed by atoms with Gasteiger partial charge in [0, 0.05) is 20.4 Å². The van der Waals surface area contributed by atoms with Gasteiger partial charge in [-0.25, -0.2) is 0 Å². The van der Waals surface area contributed by atoms with Crippen molar-refractivity contribution in [1.29, 1.82) is 0 Å². The summed E-state index contributed by atoms with van der Waals surface area (Å²) in [5, 5.41) is 9.31. The van der Waals surface area contributed by atoms with Gasteiger partial charge in [0.1, 0.15) is 0 Å². The van der Waals surface area contributed by atoms with E-state index in [0.29, 0.717) is 16.1 Å². The molecular weight excluding hydrogens is 308 g/mol. The van der Waals surface area contributed by atoms with Crippen LogP contribution in [0, 0.1) is 0 Å². The Balaban J connectivity index is 2.32. The molecule has 0 aliphatic rings. The average Bonchev–Trinajstić information content (AvgIpc) is 2.42. The van der Waals surface area contributed by atoms with Crippen LogP contribution in [0.4, 0.5) is 0 Å². The summed E-state index contributed by atoms with van der Waals surface area (Å²) in [5.41, 5.74) is 1.21. The van der Waals surface area contributed by atoms with Crippen molar-refractivity contribution in [2.75, 3.05) is 0 Å². The zero-order valence-electron chi connectivity index (χ0n) is 11.3. The number of Topliss-reactive ketones (excluding diaryl/α,β-unsaturated/α-hetero) is 1. The van der Waals surface area contributed by atoms with E-state index in [1.807, 2.05) is 24.3 Å². The van der Waals surface area contributed by atoms with Crippen LogP contribution in [0.15, 0.2) is 52.3 Å². The van der Waals surface area contributed by atoms with Gasteiger partial charge >= 0.3 is 5.97 Å². The molecule has 0 aromatic heterocycles. The lowest BCUT2D eigenvalue weighted by Crippen LogP contribution is -2.00. The van der Waals surface area contributed by atoms with Crippen molar-refractivity contribution in [3.05, 3.63) is 58.6 Å². The molecule has 0 aliphatic heterocycles. The first-order valence-corrected chi connectivity index (χ1v) is 7.45. The highest BCUT2D eigenvalue weighted by Gasteiger charge is 2.10. The highest BCUT2D eigenvalue weighted by atomic mass is 35.5. The zero-order valence-corrected chi connectivity index (χ0v) is 12.9. The minimum atomic E-state index is -0.928. The fourth-order valence-corrected chi connectivity index (χ4v) is 3.13. The number of carbonyl (C=O) groups excluding carboxylic acids is 1. The lowest BCUT2D eigenvalue weighted by molar-refractivity contribution is -0.136. The normalized spacial score (nSPS) is 10.4. The number of benzene rings is 2. The number of aliphatic carboxylic acids is 1. The van der Waals surface area contributed by atoms with E-state index in [1.54, 1.807) is 18.2 Å². The summed E-state index contributed by atoms with van der Waals surface area (Å²) in [6.07, 6.45) is -0.123. The number of hydrogen-bond donors (Lipinski definition) is 1. The van der Waals surface area contributed by atoms with E-state index in [-0.39, 0.29) is 12.2 Å². The predicted molar refractivity (Wildman–Crippen MR) is 83.4 cm³/mol. The first kappa shape index (κ1) is 15.6. The summed E-state index contributed by atoms with van der Waals surface area (Å²) in [6.45, 7) is 1.52. The zero-order chi connectivity index (χ0) is 15.4. The van der Waals surface area contributed by atoms with Gasteiger partial charge in [0.2, 0.25) is 0 Å². The molecule has 108 valence electrons. The van der Waals surface area contributed by atoms with Gasteiger partial charge in [-0.1, -0.05) is 41.6 Å². The summed E-state index contributed by atoms with van der Waals surface area (Å²) in [4.78, 5) is 24.1. The maximum Gasteiger partial charge on any atom is 0.307 e. The number of halogens is 1. The Kier molecular flexibility index (Phi) is 5.04. The van der Waals surface area contributed by atoms with Gasteiger partial charge in [0.15, 0.2) is 5.78 Å². The maximum atomic E-state index is 11.6. The molecule has 0 atom stereocenters. The second kappa shape index (κ2) is 6.78. The van der Waals surface area contributed by atoms with Crippen molar-refractivity contribution in [2.24, 2.45) is 0 Å². The molecule has 0 amide bonds. The Hall–Kier alpha value is -1.78. The van der Waals surface area contributed by atoms with Crippen LogP contribution >= 0.6 is 23.4 Å². The van der Waals surface area contributed by atoms with Crippen molar-refractivity contribution in [1.82, 2.24) is 0 Å². The molecule has 0 saturated carbocycles. The minimum Gasteiger partial charge on any atom is -0.481 e. The van der Waals surface area contributed by atoms with Crippen molar-refractivity contribution in [3.63, 3.8) is 0 Å². The van der Waals surface area contributed by atoms with E-state index in [1.165, 1.54) is 18.7 Å². The summed E-state index contributed by atoms with van der Waals surface area (Å²) in [5.74, 6) is -0.930. The average molecular weight is 321 g/mol. The molecule has 2 aromatic rings. The van der Waals surface area contributed by atoms with Crippen LogP contribution in [0.1, 0.15) is 22.8 Å². The third-order valence-electron chi connectivity index (χ3n) is 2.85. The molecule has 0 bridgehead atoms. The summed E-state index contributed by atoms with van der Waals surface area (Å²) in [6, 6.07) is 12.6. The van der Waals surface area contributed by atoms with Gasteiger partial charge in [-0.15, -0.1) is 0 Å². The van der Waals surface area contributed by atoms with Crippen LogP contribution in [-0.2, 0) is 11.2 Å². The van der Waals surface area contributed by atoms with Gasteiger partial charge in [0.25, 0.3) is 0 Å². The molecule has 2 aromatic carbocycles. The summed E-state index contributed by atoms with van der Waals surface area (Å²) in [7, 11) is 0. The lowest BCUT2D eigenvalue weighted by atomic mass is 10.1. The fourth-order valence-electron chi connectivity index (χ4n) is 1.89. The molecule has 0 aliphatic carbocycles. The van der Waals surface area contributed by atoms with E-state index in [2.05, 4.69) is 0 Å². The number of carboxylic acids is 1. The number of hydrogen-bond acceptors (Lipinski definition) is 3. The predicted octanol–water partition coefficient (Wildman–Crippen LogP) is 4.32. The molecular formula is C16H13ClO3S. The van der Waals surface area contributed by atoms with Crippen LogP contribution in [0.5, 0.6) is 0 Å². The largest absolute Gasteiger partial charge is 0.481 e. The monoisotopic (exact) mass is 320 g/mol. The van der Waals surface area contributed by atoms with Crippen molar-refractivity contribution < 1.29 is 14.7 Å². The molecule has 1 N–H and O–H groups in total. The number of carbonyl (C=O) groups is 2. The molecule has 21 heavy (non-hydrogen) atoms. The van der Waals surface area contributed by atoms with Gasteiger partial charge in [-0.05, 0) is 36.8 Å². The molecule has 0 saturated heterocycles.